The van der Waals surface area contributed by atoms with Crippen LogP contribution in [-0.2, 0) is 11.8 Å². The summed E-state index contributed by atoms with van der Waals surface area (Å²) in [5, 5.41) is 22.4. The normalized spacial score (nSPS) is 14.3. The number of aryl methyl sites for hydroxylation is 2. The number of hydrogen-bond donors (Lipinski definition) is 1. The number of nitrogens with zero attached hydrogens (tertiary/aromatic N) is 4. The highest BCUT2D eigenvalue weighted by Crippen LogP contribution is 2.32. The summed E-state index contributed by atoms with van der Waals surface area (Å²) >= 11 is 0. The van der Waals surface area contributed by atoms with Gasteiger partial charge in [-0.25, -0.2) is 0 Å². The lowest BCUT2D eigenvalue weighted by molar-refractivity contribution is -0.135. The van der Waals surface area contributed by atoms with Crippen molar-refractivity contribution in [3.05, 3.63) is 11.3 Å². The standard InChI is InChI=1S/C12H16N4O2/c1-8-10(5-13)12(15(2)14-8)16(7-11(17)18)6-9-3-4-9/h9H,3-4,6-7H2,1-2H3,(H,17,18). The van der Waals surface area contributed by atoms with Crippen molar-refractivity contribution < 1.29 is 9.90 Å². The maximum absolute atomic E-state index is 10.9. The molecule has 1 fully saturated rings. The van der Waals surface area contributed by atoms with Crippen molar-refractivity contribution in [3.8, 4) is 6.07 Å². The molecule has 0 aromatic carbocycles. The van der Waals surface area contributed by atoms with E-state index in [0.717, 1.165) is 12.8 Å². The lowest BCUT2D eigenvalue weighted by Crippen LogP contribution is -2.33. The van der Waals surface area contributed by atoms with Crippen LogP contribution in [0.5, 0.6) is 0 Å². The second kappa shape index (κ2) is 4.69. The third-order valence-corrected chi connectivity index (χ3v) is 3.10. The predicted molar refractivity (Wildman–Crippen MR) is 65.2 cm³/mol. The third kappa shape index (κ3) is 2.45. The highest BCUT2D eigenvalue weighted by atomic mass is 16.4. The van der Waals surface area contributed by atoms with E-state index in [1.807, 2.05) is 0 Å². The smallest absolute Gasteiger partial charge is 0.323 e. The molecule has 0 saturated heterocycles. The van der Waals surface area contributed by atoms with E-state index in [9.17, 15) is 4.79 Å². The van der Waals surface area contributed by atoms with E-state index in [-0.39, 0.29) is 6.54 Å². The first-order valence-electron chi connectivity index (χ1n) is 5.93. The van der Waals surface area contributed by atoms with Gasteiger partial charge in [-0.2, -0.15) is 10.4 Å². The maximum atomic E-state index is 10.9. The van der Waals surface area contributed by atoms with E-state index in [0.29, 0.717) is 29.5 Å². The van der Waals surface area contributed by atoms with Crippen molar-refractivity contribution >= 4 is 11.8 Å². The molecule has 0 spiro atoms. The Kier molecular flexibility index (Phi) is 3.24. The van der Waals surface area contributed by atoms with Crippen LogP contribution in [0.1, 0.15) is 24.1 Å². The molecule has 6 nitrogen and oxygen atoms in total. The van der Waals surface area contributed by atoms with Crippen LogP contribution >= 0.6 is 0 Å². The summed E-state index contributed by atoms with van der Waals surface area (Å²) in [6.45, 7) is 2.35. The summed E-state index contributed by atoms with van der Waals surface area (Å²) in [7, 11) is 1.74. The van der Waals surface area contributed by atoms with Crippen LogP contribution in [0.2, 0.25) is 0 Å². The van der Waals surface area contributed by atoms with Crippen LogP contribution in [0, 0.1) is 24.2 Å². The SMILES string of the molecule is Cc1nn(C)c(N(CC(=O)O)CC2CC2)c1C#N. The first kappa shape index (κ1) is 12.4. The van der Waals surface area contributed by atoms with Gasteiger partial charge in [-0.15, -0.1) is 0 Å². The van der Waals surface area contributed by atoms with Crippen molar-refractivity contribution in [1.82, 2.24) is 9.78 Å². The summed E-state index contributed by atoms with van der Waals surface area (Å²) in [5.41, 5.74) is 1.11. The molecule has 0 atom stereocenters. The molecule has 0 bridgehead atoms. The molecule has 1 heterocycles. The van der Waals surface area contributed by atoms with Gasteiger partial charge in [-0.3, -0.25) is 9.48 Å². The fourth-order valence-electron chi connectivity index (χ4n) is 2.14. The Morgan fingerprint density at radius 2 is 2.33 bits per heavy atom. The van der Waals surface area contributed by atoms with Crippen LogP contribution < -0.4 is 4.90 Å². The molecule has 96 valence electrons. The van der Waals surface area contributed by atoms with E-state index in [1.165, 1.54) is 0 Å². The fraction of sp³-hybridized carbons (Fsp3) is 0.583. The van der Waals surface area contributed by atoms with Crippen LogP contribution in [0.4, 0.5) is 5.82 Å². The van der Waals surface area contributed by atoms with Gasteiger partial charge in [0.2, 0.25) is 0 Å². The molecular weight excluding hydrogens is 232 g/mol. The predicted octanol–water partition coefficient (Wildman–Crippen LogP) is 0.901. The van der Waals surface area contributed by atoms with Crippen molar-refractivity contribution in [2.45, 2.75) is 19.8 Å². The van der Waals surface area contributed by atoms with Gasteiger partial charge in [0.05, 0.1) is 5.69 Å². The Hall–Kier alpha value is -2.03. The molecule has 6 heteroatoms. The Balaban J connectivity index is 2.34. The Morgan fingerprint density at radius 3 is 2.83 bits per heavy atom. The molecule has 0 aliphatic heterocycles. The van der Waals surface area contributed by atoms with E-state index in [4.69, 9.17) is 10.4 Å². The minimum Gasteiger partial charge on any atom is -0.480 e. The summed E-state index contributed by atoms with van der Waals surface area (Å²) in [4.78, 5) is 12.7. The molecular formula is C12H16N4O2. The summed E-state index contributed by atoms with van der Waals surface area (Å²) < 4.78 is 1.60. The van der Waals surface area contributed by atoms with Crippen LogP contribution in [0.3, 0.4) is 0 Å². The number of hydrogen-bond acceptors (Lipinski definition) is 4. The van der Waals surface area contributed by atoms with Crippen molar-refractivity contribution in [3.63, 3.8) is 0 Å². The van der Waals surface area contributed by atoms with Gasteiger partial charge in [0, 0.05) is 13.6 Å². The fourth-order valence-corrected chi connectivity index (χ4v) is 2.14. The molecule has 0 radical (unpaired) electrons. The van der Waals surface area contributed by atoms with E-state index >= 15 is 0 Å². The minimum atomic E-state index is -0.890. The summed E-state index contributed by atoms with van der Waals surface area (Å²) in [6, 6.07) is 2.11. The Bertz CT molecular complexity index is 511. The molecule has 1 aliphatic rings. The molecule has 1 aromatic rings. The Labute approximate surface area is 105 Å². The monoisotopic (exact) mass is 248 g/mol. The van der Waals surface area contributed by atoms with Crippen molar-refractivity contribution in [2.75, 3.05) is 18.0 Å². The zero-order valence-electron chi connectivity index (χ0n) is 10.6. The highest BCUT2D eigenvalue weighted by Gasteiger charge is 2.28. The molecule has 1 aromatic heterocycles. The number of aliphatic carboxylic acids is 1. The molecule has 1 N–H and O–H groups in total. The zero-order valence-corrected chi connectivity index (χ0v) is 10.6. The van der Waals surface area contributed by atoms with E-state index in [1.54, 1.807) is 23.6 Å². The van der Waals surface area contributed by atoms with Crippen molar-refractivity contribution in [1.29, 1.82) is 5.26 Å². The average molecular weight is 248 g/mol. The van der Waals surface area contributed by atoms with Gasteiger partial charge < -0.3 is 10.0 Å². The lowest BCUT2D eigenvalue weighted by atomic mass is 10.2. The van der Waals surface area contributed by atoms with Crippen LogP contribution in [0.15, 0.2) is 0 Å². The van der Waals surface area contributed by atoms with E-state index in [2.05, 4.69) is 11.2 Å². The average Bonchev–Trinajstić information content (AvgIpc) is 3.02. The Morgan fingerprint density at radius 1 is 1.67 bits per heavy atom. The van der Waals surface area contributed by atoms with Gasteiger partial charge in [0.1, 0.15) is 24.0 Å². The number of carboxylic acid groups (broad SMARTS) is 1. The van der Waals surface area contributed by atoms with Crippen LogP contribution in [-0.4, -0.2) is 33.9 Å². The number of aromatic nitrogens is 2. The first-order valence-corrected chi connectivity index (χ1v) is 5.93. The summed E-state index contributed by atoms with van der Waals surface area (Å²) in [5.74, 6) is 0.272. The van der Waals surface area contributed by atoms with E-state index < -0.39 is 5.97 Å². The topological polar surface area (TPSA) is 82.2 Å². The van der Waals surface area contributed by atoms with Gasteiger partial charge in [0.15, 0.2) is 0 Å². The number of rotatable bonds is 5. The quantitative estimate of drug-likeness (QED) is 0.837. The van der Waals surface area contributed by atoms with Gasteiger partial charge >= 0.3 is 5.97 Å². The van der Waals surface area contributed by atoms with Gasteiger partial charge in [0.25, 0.3) is 0 Å². The van der Waals surface area contributed by atoms with Gasteiger partial charge in [-0.05, 0) is 25.7 Å². The first-order chi connectivity index (χ1) is 8.52. The number of nitriles is 1. The molecule has 1 saturated carbocycles. The maximum Gasteiger partial charge on any atom is 0.323 e. The second-order valence-electron chi connectivity index (χ2n) is 4.74. The van der Waals surface area contributed by atoms with Gasteiger partial charge in [-0.1, -0.05) is 0 Å². The lowest BCUT2D eigenvalue weighted by Gasteiger charge is -2.22. The zero-order chi connectivity index (χ0) is 13.3. The second-order valence-corrected chi connectivity index (χ2v) is 4.74. The third-order valence-electron chi connectivity index (χ3n) is 3.10. The highest BCUT2D eigenvalue weighted by molar-refractivity contribution is 5.74. The molecule has 1 aliphatic carbocycles. The molecule has 18 heavy (non-hydrogen) atoms. The number of carbonyl (C=O) groups is 1. The molecule has 0 unspecified atom stereocenters. The number of anilines is 1. The minimum absolute atomic E-state index is 0.0931. The van der Waals surface area contributed by atoms with Crippen molar-refractivity contribution in [2.24, 2.45) is 13.0 Å². The largest absolute Gasteiger partial charge is 0.480 e. The molecule has 2 rings (SSSR count). The number of carboxylic acids is 1. The van der Waals surface area contributed by atoms with Crippen LogP contribution in [0.25, 0.3) is 0 Å². The summed E-state index contributed by atoms with van der Waals surface area (Å²) in [6.07, 6.45) is 2.27. The molecule has 0 amide bonds.